The fourth-order valence-electron chi connectivity index (χ4n) is 0.995. The lowest BCUT2D eigenvalue weighted by atomic mass is 10.2. The van der Waals surface area contributed by atoms with E-state index in [1.807, 2.05) is 0 Å². The molecule has 3 nitrogen and oxygen atoms in total. The van der Waals surface area contributed by atoms with E-state index in [0.29, 0.717) is 11.3 Å². The van der Waals surface area contributed by atoms with Crippen LogP contribution in [-0.4, -0.2) is 13.0 Å². The highest BCUT2D eigenvalue weighted by Gasteiger charge is 2.01. The first kappa shape index (κ1) is 10.2. The number of hydrogen-bond donors (Lipinski definition) is 1. The topological polar surface area (TPSA) is 52.3 Å². The van der Waals surface area contributed by atoms with Gasteiger partial charge in [-0.3, -0.25) is 4.79 Å². The summed E-state index contributed by atoms with van der Waals surface area (Å²) in [6, 6.07) is 4.03. The summed E-state index contributed by atoms with van der Waals surface area (Å²) in [6.07, 6.45) is 2.66. The van der Waals surface area contributed by atoms with Crippen LogP contribution in [0.1, 0.15) is 5.56 Å². The second kappa shape index (κ2) is 4.41. The SMILES string of the molecule is COc1cc(F)ccc1C=CC(N)=O. The molecular weight excluding hydrogens is 185 g/mol. The average molecular weight is 195 g/mol. The van der Waals surface area contributed by atoms with Gasteiger partial charge in [-0.1, -0.05) is 0 Å². The molecule has 0 aromatic heterocycles. The Balaban J connectivity index is 3.02. The zero-order chi connectivity index (χ0) is 10.6. The molecule has 0 unspecified atom stereocenters. The second-order valence-corrected chi connectivity index (χ2v) is 2.62. The van der Waals surface area contributed by atoms with Crippen molar-refractivity contribution in [2.75, 3.05) is 7.11 Å². The first-order chi connectivity index (χ1) is 6.63. The van der Waals surface area contributed by atoms with Gasteiger partial charge < -0.3 is 10.5 Å². The predicted octanol–water partition coefficient (Wildman–Crippen LogP) is 1.33. The van der Waals surface area contributed by atoms with Crippen LogP contribution in [0.3, 0.4) is 0 Å². The molecule has 1 rings (SSSR count). The van der Waals surface area contributed by atoms with Crippen LogP contribution >= 0.6 is 0 Å². The molecule has 0 fully saturated rings. The maximum absolute atomic E-state index is 12.7. The Morgan fingerprint density at radius 3 is 2.86 bits per heavy atom. The van der Waals surface area contributed by atoms with Crippen molar-refractivity contribution in [2.45, 2.75) is 0 Å². The normalized spacial score (nSPS) is 10.4. The van der Waals surface area contributed by atoms with Crippen LogP contribution in [0.4, 0.5) is 4.39 Å². The first-order valence-electron chi connectivity index (χ1n) is 3.94. The number of carbonyl (C=O) groups excluding carboxylic acids is 1. The van der Waals surface area contributed by atoms with Crippen LogP contribution in [0.25, 0.3) is 6.08 Å². The van der Waals surface area contributed by atoms with Crippen molar-refractivity contribution in [2.24, 2.45) is 5.73 Å². The number of halogens is 1. The third kappa shape index (κ3) is 2.58. The molecule has 0 heterocycles. The second-order valence-electron chi connectivity index (χ2n) is 2.62. The number of nitrogens with two attached hydrogens (primary N) is 1. The van der Waals surface area contributed by atoms with Gasteiger partial charge in [0.15, 0.2) is 0 Å². The molecule has 0 spiro atoms. The molecule has 0 saturated heterocycles. The first-order valence-corrected chi connectivity index (χ1v) is 3.94. The maximum atomic E-state index is 12.7. The van der Waals surface area contributed by atoms with E-state index in [9.17, 15) is 9.18 Å². The highest BCUT2D eigenvalue weighted by molar-refractivity contribution is 5.90. The maximum Gasteiger partial charge on any atom is 0.241 e. The Hall–Kier alpha value is -1.84. The summed E-state index contributed by atoms with van der Waals surface area (Å²) in [5.41, 5.74) is 5.53. The van der Waals surface area contributed by atoms with E-state index < -0.39 is 11.7 Å². The number of methoxy groups -OCH3 is 1. The van der Waals surface area contributed by atoms with Gasteiger partial charge in [-0.15, -0.1) is 0 Å². The monoisotopic (exact) mass is 195 g/mol. The van der Waals surface area contributed by atoms with Gasteiger partial charge in [-0.2, -0.15) is 0 Å². The highest BCUT2D eigenvalue weighted by atomic mass is 19.1. The molecule has 1 amide bonds. The number of carbonyl (C=O) groups is 1. The minimum atomic E-state index is -0.559. The van der Waals surface area contributed by atoms with Crippen molar-refractivity contribution >= 4 is 12.0 Å². The number of ether oxygens (including phenoxy) is 1. The molecule has 0 aliphatic rings. The molecule has 14 heavy (non-hydrogen) atoms. The number of rotatable bonds is 3. The van der Waals surface area contributed by atoms with E-state index in [-0.39, 0.29) is 0 Å². The summed E-state index contributed by atoms with van der Waals surface area (Å²) in [7, 11) is 1.43. The molecule has 0 aliphatic heterocycles. The molecule has 74 valence electrons. The van der Waals surface area contributed by atoms with Crippen LogP contribution in [-0.2, 0) is 4.79 Å². The van der Waals surface area contributed by atoms with Crippen molar-refractivity contribution in [3.63, 3.8) is 0 Å². The lowest BCUT2D eigenvalue weighted by molar-refractivity contribution is -0.113. The van der Waals surface area contributed by atoms with Crippen LogP contribution in [0.5, 0.6) is 5.75 Å². The largest absolute Gasteiger partial charge is 0.496 e. The quantitative estimate of drug-likeness (QED) is 0.740. The Bertz CT molecular complexity index is 374. The number of benzene rings is 1. The Morgan fingerprint density at radius 1 is 1.57 bits per heavy atom. The fourth-order valence-corrected chi connectivity index (χ4v) is 0.995. The third-order valence-corrected chi connectivity index (χ3v) is 1.62. The van der Waals surface area contributed by atoms with Crippen LogP contribution in [0.15, 0.2) is 24.3 Å². The van der Waals surface area contributed by atoms with Crippen molar-refractivity contribution in [1.29, 1.82) is 0 Å². The van der Waals surface area contributed by atoms with E-state index in [2.05, 4.69) is 0 Å². The van der Waals surface area contributed by atoms with Crippen molar-refractivity contribution < 1.29 is 13.9 Å². The summed E-state index contributed by atoms with van der Waals surface area (Å²) in [6.45, 7) is 0. The van der Waals surface area contributed by atoms with E-state index >= 15 is 0 Å². The Labute approximate surface area is 81.0 Å². The zero-order valence-electron chi connectivity index (χ0n) is 7.66. The van der Waals surface area contributed by atoms with E-state index in [1.165, 1.54) is 37.5 Å². The number of amides is 1. The van der Waals surface area contributed by atoms with E-state index in [4.69, 9.17) is 10.5 Å². The van der Waals surface area contributed by atoms with Crippen LogP contribution in [0, 0.1) is 5.82 Å². The van der Waals surface area contributed by atoms with Crippen molar-refractivity contribution in [1.82, 2.24) is 0 Å². The zero-order valence-corrected chi connectivity index (χ0v) is 7.66. The van der Waals surface area contributed by atoms with Gasteiger partial charge in [0.25, 0.3) is 0 Å². The van der Waals surface area contributed by atoms with Gasteiger partial charge in [0.1, 0.15) is 11.6 Å². The minimum absolute atomic E-state index is 0.363. The molecule has 0 saturated carbocycles. The molecular formula is C10H10FNO2. The summed E-state index contributed by atoms with van der Waals surface area (Å²) < 4.78 is 17.7. The van der Waals surface area contributed by atoms with Gasteiger partial charge >= 0.3 is 0 Å². The van der Waals surface area contributed by atoms with Gasteiger partial charge in [-0.25, -0.2) is 4.39 Å². The smallest absolute Gasteiger partial charge is 0.241 e. The molecule has 0 radical (unpaired) electrons. The van der Waals surface area contributed by atoms with Gasteiger partial charge in [0.2, 0.25) is 5.91 Å². The fraction of sp³-hybridized carbons (Fsp3) is 0.100. The molecule has 1 aromatic carbocycles. The lowest BCUT2D eigenvalue weighted by Crippen LogP contribution is -2.05. The summed E-state index contributed by atoms with van der Waals surface area (Å²) >= 11 is 0. The number of primary amides is 1. The van der Waals surface area contributed by atoms with Gasteiger partial charge in [0.05, 0.1) is 7.11 Å². The van der Waals surface area contributed by atoms with E-state index in [1.54, 1.807) is 0 Å². The Morgan fingerprint density at radius 2 is 2.29 bits per heavy atom. The van der Waals surface area contributed by atoms with Crippen LogP contribution in [0.2, 0.25) is 0 Å². The lowest BCUT2D eigenvalue weighted by Gasteiger charge is -2.03. The summed E-state index contributed by atoms with van der Waals surface area (Å²) in [5.74, 6) is -0.586. The molecule has 4 heteroatoms. The third-order valence-electron chi connectivity index (χ3n) is 1.62. The van der Waals surface area contributed by atoms with Gasteiger partial charge in [0, 0.05) is 17.7 Å². The standard InChI is InChI=1S/C10H10FNO2/c1-14-9-6-8(11)4-2-7(9)3-5-10(12)13/h2-6H,1H3,(H2,12,13). The van der Waals surface area contributed by atoms with Crippen molar-refractivity contribution in [3.8, 4) is 5.75 Å². The molecule has 1 aromatic rings. The average Bonchev–Trinajstić information content (AvgIpc) is 2.15. The highest BCUT2D eigenvalue weighted by Crippen LogP contribution is 2.20. The Kier molecular flexibility index (Phi) is 3.23. The summed E-state index contributed by atoms with van der Waals surface area (Å²) in [5, 5.41) is 0. The minimum Gasteiger partial charge on any atom is -0.496 e. The predicted molar refractivity (Wildman–Crippen MR) is 51.2 cm³/mol. The van der Waals surface area contributed by atoms with Crippen molar-refractivity contribution in [3.05, 3.63) is 35.7 Å². The van der Waals surface area contributed by atoms with E-state index in [0.717, 1.165) is 0 Å². The molecule has 0 aliphatic carbocycles. The molecule has 0 atom stereocenters. The molecule has 0 bridgehead atoms. The summed E-state index contributed by atoms with van der Waals surface area (Å²) in [4.78, 5) is 10.5. The van der Waals surface area contributed by atoms with Crippen LogP contribution < -0.4 is 10.5 Å². The number of hydrogen-bond acceptors (Lipinski definition) is 2. The van der Waals surface area contributed by atoms with Gasteiger partial charge in [-0.05, 0) is 18.2 Å². The molecule has 2 N–H and O–H groups in total.